The Hall–Kier alpha value is -4.25. The Morgan fingerprint density at radius 1 is 1.10 bits per heavy atom. The zero-order valence-electron chi connectivity index (χ0n) is 20.7. The zero-order chi connectivity index (χ0) is 27.9. The van der Waals surface area contributed by atoms with E-state index in [1.807, 2.05) is 26.0 Å². The number of hydrogen-bond acceptors (Lipinski definition) is 4. The topological polar surface area (TPSA) is 77.1 Å². The molecular weight excluding hydrogens is 536 g/mol. The molecule has 0 spiro atoms. The van der Waals surface area contributed by atoms with E-state index < -0.39 is 23.6 Å². The smallest absolute Gasteiger partial charge is 0.304 e. The van der Waals surface area contributed by atoms with Gasteiger partial charge in [0.1, 0.15) is 16.4 Å². The third kappa shape index (κ3) is 5.35. The number of carbonyl (C=O) groups is 1. The maximum Gasteiger partial charge on any atom is 0.433 e. The van der Waals surface area contributed by atoms with Crippen molar-refractivity contribution in [3.8, 4) is 11.3 Å². The van der Waals surface area contributed by atoms with Gasteiger partial charge in [0.25, 0.3) is 5.91 Å². The SMILES string of the molecule is CC(C)c1ccc(-c2cc(C(F)(F)F)n3ncc(C(=O)Nc4nn(Cc5ccccc5F)cc4Cl)c3n2)cc1. The van der Waals surface area contributed by atoms with Crippen LogP contribution < -0.4 is 5.32 Å². The fraction of sp³-hybridized carbons (Fsp3) is 0.185. The van der Waals surface area contributed by atoms with Crippen molar-refractivity contribution in [1.29, 1.82) is 0 Å². The van der Waals surface area contributed by atoms with Gasteiger partial charge in [0.05, 0.1) is 18.4 Å². The van der Waals surface area contributed by atoms with Gasteiger partial charge in [-0.25, -0.2) is 13.9 Å². The van der Waals surface area contributed by atoms with Crippen molar-refractivity contribution >= 4 is 29.0 Å². The maximum absolute atomic E-state index is 14.0. The molecule has 0 radical (unpaired) electrons. The molecule has 0 saturated carbocycles. The standard InChI is InChI=1S/C27H21ClF4N6O/c1-15(2)16-7-9-17(10-8-16)22-11-23(27(30,31)32)38-25(34-22)19(12-33-38)26(39)35-24-20(28)14-37(36-24)13-18-5-3-4-6-21(18)29/h3-12,14-15H,13H2,1-2H3,(H,35,36,39). The van der Waals surface area contributed by atoms with E-state index >= 15 is 0 Å². The monoisotopic (exact) mass is 556 g/mol. The van der Waals surface area contributed by atoms with Gasteiger partial charge in [0.2, 0.25) is 0 Å². The lowest BCUT2D eigenvalue weighted by Crippen LogP contribution is -2.16. The van der Waals surface area contributed by atoms with Gasteiger partial charge in [-0.15, -0.1) is 0 Å². The highest BCUT2D eigenvalue weighted by Crippen LogP contribution is 2.33. The summed E-state index contributed by atoms with van der Waals surface area (Å²) in [5.74, 6) is -1.04. The molecule has 3 heterocycles. The summed E-state index contributed by atoms with van der Waals surface area (Å²) in [5, 5.41) is 10.5. The van der Waals surface area contributed by atoms with E-state index in [1.54, 1.807) is 30.3 Å². The van der Waals surface area contributed by atoms with Crippen molar-refractivity contribution in [2.24, 2.45) is 0 Å². The molecule has 0 aliphatic heterocycles. The van der Waals surface area contributed by atoms with E-state index in [2.05, 4.69) is 20.5 Å². The van der Waals surface area contributed by atoms with Crippen LogP contribution in [0.1, 0.15) is 46.9 Å². The maximum atomic E-state index is 14.0. The molecule has 0 saturated heterocycles. The van der Waals surface area contributed by atoms with Crippen LogP contribution in [0.2, 0.25) is 5.02 Å². The van der Waals surface area contributed by atoms with E-state index in [-0.39, 0.29) is 40.2 Å². The minimum absolute atomic E-state index is 0.0341. The molecule has 5 aromatic rings. The minimum atomic E-state index is -4.76. The molecule has 0 fully saturated rings. The number of carbonyl (C=O) groups excluding carboxylic acids is 1. The van der Waals surface area contributed by atoms with Crippen LogP contribution in [0.4, 0.5) is 23.4 Å². The van der Waals surface area contributed by atoms with Crippen LogP contribution in [-0.4, -0.2) is 30.3 Å². The Morgan fingerprint density at radius 2 is 1.82 bits per heavy atom. The molecule has 0 bridgehead atoms. The van der Waals surface area contributed by atoms with Gasteiger partial charge in [-0.1, -0.05) is 67.9 Å². The fourth-order valence-corrected chi connectivity index (χ4v) is 4.25. The number of anilines is 1. The Morgan fingerprint density at radius 3 is 2.49 bits per heavy atom. The van der Waals surface area contributed by atoms with Crippen molar-refractivity contribution in [2.75, 3.05) is 5.32 Å². The van der Waals surface area contributed by atoms with Crippen molar-refractivity contribution in [3.63, 3.8) is 0 Å². The normalized spacial score (nSPS) is 11.9. The number of halogens is 5. The van der Waals surface area contributed by atoms with E-state index in [1.165, 1.54) is 16.9 Å². The average molecular weight is 557 g/mol. The highest BCUT2D eigenvalue weighted by molar-refractivity contribution is 6.33. The molecule has 12 heteroatoms. The number of aromatic nitrogens is 5. The summed E-state index contributed by atoms with van der Waals surface area (Å²) < 4.78 is 57.8. The van der Waals surface area contributed by atoms with Gasteiger partial charge in [0.15, 0.2) is 17.2 Å². The van der Waals surface area contributed by atoms with Crippen molar-refractivity contribution in [1.82, 2.24) is 24.4 Å². The first kappa shape index (κ1) is 26.4. The summed E-state index contributed by atoms with van der Waals surface area (Å²) in [6, 6.07) is 14.0. The first-order valence-electron chi connectivity index (χ1n) is 11.9. The Labute approximate surface area is 225 Å². The van der Waals surface area contributed by atoms with Gasteiger partial charge < -0.3 is 5.32 Å². The summed E-state index contributed by atoms with van der Waals surface area (Å²) in [6.07, 6.45) is -2.36. The third-order valence-electron chi connectivity index (χ3n) is 6.12. The highest BCUT2D eigenvalue weighted by Gasteiger charge is 2.36. The van der Waals surface area contributed by atoms with Crippen molar-refractivity contribution < 1.29 is 22.4 Å². The lowest BCUT2D eigenvalue weighted by molar-refractivity contribution is -0.142. The van der Waals surface area contributed by atoms with Gasteiger partial charge in [0, 0.05) is 17.3 Å². The number of amides is 1. The third-order valence-corrected chi connectivity index (χ3v) is 6.40. The number of fused-ring (bicyclic) bond motifs is 1. The predicted molar refractivity (Wildman–Crippen MR) is 138 cm³/mol. The highest BCUT2D eigenvalue weighted by atomic mass is 35.5. The van der Waals surface area contributed by atoms with Gasteiger partial charge in [-0.3, -0.25) is 9.48 Å². The fourth-order valence-electron chi connectivity index (χ4n) is 4.05. The predicted octanol–water partition coefficient (Wildman–Crippen LogP) is 6.83. The minimum Gasteiger partial charge on any atom is -0.304 e. The molecule has 0 aliphatic carbocycles. The van der Waals surface area contributed by atoms with Crippen molar-refractivity contribution in [3.05, 3.63) is 100 Å². The largest absolute Gasteiger partial charge is 0.433 e. The molecule has 0 atom stereocenters. The number of benzene rings is 2. The Bertz CT molecular complexity index is 1670. The summed E-state index contributed by atoms with van der Waals surface area (Å²) >= 11 is 6.22. The zero-order valence-corrected chi connectivity index (χ0v) is 21.4. The molecule has 0 aliphatic rings. The Kier molecular flexibility index (Phi) is 6.85. The number of rotatable bonds is 6. The lowest BCUT2D eigenvalue weighted by Gasteiger charge is -2.12. The van der Waals surface area contributed by atoms with Crippen LogP contribution in [-0.2, 0) is 12.7 Å². The molecule has 2 aromatic carbocycles. The molecule has 39 heavy (non-hydrogen) atoms. The van der Waals surface area contributed by atoms with Crippen LogP contribution in [0.3, 0.4) is 0 Å². The van der Waals surface area contributed by atoms with Crippen molar-refractivity contribution in [2.45, 2.75) is 32.5 Å². The first-order valence-corrected chi connectivity index (χ1v) is 12.2. The second kappa shape index (κ2) is 10.1. The second-order valence-corrected chi connectivity index (χ2v) is 9.57. The quantitative estimate of drug-likeness (QED) is 0.233. The average Bonchev–Trinajstić information content (AvgIpc) is 3.47. The number of alkyl halides is 3. The molecule has 5 rings (SSSR count). The summed E-state index contributed by atoms with van der Waals surface area (Å²) in [7, 11) is 0. The molecule has 200 valence electrons. The van der Waals surface area contributed by atoms with E-state index in [4.69, 9.17) is 11.6 Å². The first-order chi connectivity index (χ1) is 18.5. The van der Waals surface area contributed by atoms with Crippen LogP contribution in [0.25, 0.3) is 16.9 Å². The van der Waals surface area contributed by atoms with Crippen LogP contribution in [0.15, 0.2) is 67.0 Å². The van der Waals surface area contributed by atoms with E-state index in [9.17, 15) is 22.4 Å². The van der Waals surface area contributed by atoms with Gasteiger partial charge >= 0.3 is 6.18 Å². The van der Waals surface area contributed by atoms with Gasteiger partial charge in [-0.05, 0) is 23.6 Å². The molecule has 7 nitrogen and oxygen atoms in total. The molecular formula is C27H21ClF4N6O. The van der Waals surface area contributed by atoms with Crippen LogP contribution in [0.5, 0.6) is 0 Å². The van der Waals surface area contributed by atoms with E-state index in [0.29, 0.717) is 15.6 Å². The molecule has 0 unspecified atom stereocenters. The van der Waals surface area contributed by atoms with E-state index in [0.717, 1.165) is 17.8 Å². The van der Waals surface area contributed by atoms with Crippen LogP contribution in [0, 0.1) is 5.82 Å². The molecule has 3 aromatic heterocycles. The number of nitrogens with zero attached hydrogens (tertiary/aromatic N) is 5. The Balaban J connectivity index is 1.49. The lowest BCUT2D eigenvalue weighted by atomic mass is 10.0. The number of hydrogen-bond donors (Lipinski definition) is 1. The summed E-state index contributed by atoms with van der Waals surface area (Å²) in [5.41, 5.74) is 0.290. The summed E-state index contributed by atoms with van der Waals surface area (Å²) in [6.45, 7) is 4.06. The molecule has 1 amide bonds. The molecule has 1 N–H and O–H groups in total. The second-order valence-electron chi connectivity index (χ2n) is 9.16. The summed E-state index contributed by atoms with van der Waals surface area (Å²) in [4.78, 5) is 17.5. The van der Waals surface area contributed by atoms with Crippen LogP contribution >= 0.6 is 11.6 Å². The van der Waals surface area contributed by atoms with Gasteiger partial charge in [-0.2, -0.15) is 23.4 Å². The number of nitrogens with one attached hydrogen (secondary N) is 1.